The third-order valence-corrected chi connectivity index (χ3v) is 4.29. The quantitative estimate of drug-likeness (QED) is 0.320. The van der Waals surface area contributed by atoms with E-state index in [-0.39, 0.29) is 5.75 Å². The van der Waals surface area contributed by atoms with E-state index in [1.807, 2.05) is 37.3 Å². The normalized spacial score (nSPS) is 11.6. The van der Waals surface area contributed by atoms with Gasteiger partial charge >= 0.3 is 0 Å². The van der Waals surface area contributed by atoms with Crippen molar-refractivity contribution in [3.05, 3.63) is 59.7 Å². The van der Waals surface area contributed by atoms with Crippen molar-refractivity contribution in [1.82, 2.24) is 20.2 Å². The second-order valence-corrected chi connectivity index (χ2v) is 6.01. The Hall–Kier alpha value is -2.87. The molecule has 7 nitrogen and oxygen atoms in total. The smallest absolute Gasteiger partial charge is 0.214 e. The van der Waals surface area contributed by atoms with Gasteiger partial charge in [-0.1, -0.05) is 46.7 Å². The third kappa shape index (κ3) is 3.38. The summed E-state index contributed by atoms with van der Waals surface area (Å²) in [7, 11) is 0. The molecular weight excluding hydrogens is 326 g/mol. The molecule has 0 amide bonds. The number of aryl methyl sites for hydroxylation is 1. The molecule has 0 saturated heterocycles. The van der Waals surface area contributed by atoms with Crippen molar-refractivity contribution in [2.45, 2.75) is 12.1 Å². The second kappa shape index (κ2) is 7.14. The molecule has 0 radical (unpaired) electrons. The minimum atomic E-state index is 0.0663. The molecule has 3 aromatic rings. The summed E-state index contributed by atoms with van der Waals surface area (Å²) in [5.74, 6) is 0.373. The summed E-state index contributed by atoms with van der Waals surface area (Å²) >= 11 is 1.32. The highest BCUT2D eigenvalue weighted by Crippen LogP contribution is 2.24. The van der Waals surface area contributed by atoms with Gasteiger partial charge in [0.1, 0.15) is 11.5 Å². The molecule has 0 atom stereocenters. The Morgan fingerprint density at radius 3 is 2.75 bits per heavy atom. The van der Waals surface area contributed by atoms with Gasteiger partial charge in [-0.3, -0.25) is 0 Å². The van der Waals surface area contributed by atoms with E-state index in [0.717, 1.165) is 11.3 Å². The molecule has 0 bridgehead atoms. The van der Waals surface area contributed by atoms with E-state index < -0.39 is 0 Å². The van der Waals surface area contributed by atoms with E-state index in [9.17, 15) is 10.3 Å². The highest BCUT2D eigenvalue weighted by molar-refractivity contribution is 7.99. The number of phenolic OH excluding ortho intramolecular Hbond substituents is 1. The van der Waals surface area contributed by atoms with E-state index in [4.69, 9.17) is 0 Å². The largest absolute Gasteiger partial charge is 0.507 e. The lowest BCUT2D eigenvalue weighted by atomic mass is 10.1. The summed E-state index contributed by atoms with van der Waals surface area (Å²) < 4.78 is 1.61. The van der Waals surface area contributed by atoms with Crippen molar-refractivity contribution in [2.75, 3.05) is 5.75 Å². The SMILES string of the molecule is Cc1ccc(O)c(/C(CSc2nnnn2-c2ccccc2)=N\O)c1. The third-order valence-electron chi connectivity index (χ3n) is 3.36. The standard InChI is InChI=1S/C16H15N5O2S/c1-11-7-8-15(22)13(9-11)14(18-23)10-24-16-17-19-20-21(16)12-5-3-2-4-6-12/h2-9,22-23H,10H2,1H3/b18-14-. The van der Waals surface area contributed by atoms with Crippen LogP contribution in [0.2, 0.25) is 0 Å². The molecule has 0 unspecified atom stereocenters. The predicted octanol–water partition coefficient (Wildman–Crippen LogP) is 2.65. The van der Waals surface area contributed by atoms with Gasteiger partial charge in [0, 0.05) is 11.3 Å². The lowest BCUT2D eigenvalue weighted by Crippen LogP contribution is -2.07. The predicted molar refractivity (Wildman–Crippen MR) is 91.0 cm³/mol. The number of thioether (sulfide) groups is 1. The summed E-state index contributed by atoms with van der Waals surface area (Å²) in [4.78, 5) is 0. The van der Waals surface area contributed by atoms with Crippen molar-refractivity contribution in [1.29, 1.82) is 0 Å². The van der Waals surface area contributed by atoms with Gasteiger partial charge in [-0.2, -0.15) is 4.68 Å². The van der Waals surface area contributed by atoms with E-state index in [1.54, 1.807) is 22.9 Å². The number of tetrazole rings is 1. The molecule has 2 aromatic carbocycles. The van der Waals surface area contributed by atoms with Crippen LogP contribution in [0.15, 0.2) is 58.8 Å². The molecule has 1 heterocycles. The van der Waals surface area contributed by atoms with Gasteiger partial charge in [0.2, 0.25) is 5.16 Å². The number of rotatable bonds is 5. The maximum absolute atomic E-state index is 9.98. The van der Waals surface area contributed by atoms with Gasteiger partial charge in [-0.25, -0.2) is 0 Å². The van der Waals surface area contributed by atoms with Crippen molar-refractivity contribution in [3.8, 4) is 11.4 Å². The van der Waals surface area contributed by atoms with Gasteiger partial charge in [0.15, 0.2) is 0 Å². The fourth-order valence-corrected chi connectivity index (χ4v) is 3.01. The molecule has 122 valence electrons. The fourth-order valence-electron chi connectivity index (χ4n) is 2.17. The Kier molecular flexibility index (Phi) is 4.76. The number of phenols is 1. The number of hydrogen-bond acceptors (Lipinski definition) is 7. The van der Waals surface area contributed by atoms with E-state index in [1.165, 1.54) is 11.8 Å². The maximum Gasteiger partial charge on any atom is 0.214 e. The lowest BCUT2D eigenvalue weighted by molar-refractivity contribution is 0.319. The summed E-state index contributed by atoms with van der Waals surface area (Å²) in [6, 6.07) is 14.6. The summed E-state index contributed by atoms with van der Waals surface area (Å²) in [5.41, 5.74) is 2.64. The molecule has 8 heteroatoms. The summed E-state index contributed by atoms with van der Waals surface area (Å²) in [6.07, 6.45) is 0. The van der Waals surface area contributed by atoms with E-state index in [0.29, 0.717) is 22.2 Å². The Labute approximate surface area is 142 Å². The second-order valence-electron chi connectivity index (χ2n) is 5.06. The number of para-hydroxylation sites is 1. The minimum Gasteiger partial charge on any atom is -0.507 e. The van der Waals surface area contributed by atoms with E-state index >= 15 is 0 Å². The molecule has 0 aliphatic heterocycles. The molecule has 2 N–H and O–H groups in total. The molecule has 1 aromatic heterocycles. The first-order valence-corrected chi connectivity index (χ1v) is 8.15. The number of oxime groups is 1. The summed E-state index contributed by atoms with van der Waals surface area (Å²) in [6.45, 7) is 1.90. The number of hydrogen-bond donors (Lipinski definition) is 2. The van der Waals surface area contributed by atoms with E-state index in [2.05, 4.69) is 20.7 Å². The maximum atomic E-state index is 9.98. The van der Waals surface area contributed by atoms with Gasteiger partial charge in [0.25, 0.3) is 0 Å². The zero-order valence-corrected chi connectivity index (χ0v) is 13.7. The summed E-state index contributed by atoms with van der Waals surface area (Å²) in [5, 5.41) is 34.9. The number of aromatic nitrogens is 4. The Bertz CT molecular complexity index is 864. The van der Waals surface area contributed by atoms with Crippen LogP contribution >= 0.6 is 11.8 Å². The highest BCUT2D eigenvalue weighted by Gasteiger charge is 2.14. The lowest BCUT2D eigenvalue weighted by Gasteiger charge is -2.08. The van der Waals surface area contributed by atoms with Crippen LogP contribution in [-0.2, 0) is 0 Å². The Morgan fingerprint density at radius 2 is 2.00 bits per heavy atom. The first-order valence-electron chi connectivity index (χ1n) is 7.16. The number of nitrogens with zero attached hydrogens (tertiary/aromatic N) is 5. The molecule has 0 aliphatic carbocycles. The fraction of sp³-hybridized carbons (Fsp3) is 0.125. The van der Waals surface area contributed by atoms with Gasteiger partial charge in [0.05, 0.1) is 5.69 Å². The molecule has 24 heavy (non-hydrogen) atoms. The molecule has 3 rings (SSSR count). The molecule has 0 spiro atoms. The highest BCUT2D eigenvalue weighted by atomic mass is 32.2. The van der Waals surface area contributed by atoms with Crippen molar-refractivity contribution in [2.24, 2.45) is 5.16 Å². The van der Waals surface area contributed by atoms with Crippen LogP contribution < -0.4 is 0 Å². The molecular formula is C16H15N5O2S. The van der Waals surface area contributed by atoms with Crippen LogP contribution in [0.1, 0.15) is 11.1 Å². The van der Waals surface area contributed by atoms with Gasteiger partial charge in [-0.15, -0.1) is 5.10 Å². The topological polar surface area (TPSA) is 96.4 Å². The number of benzene rings is 2. The van der Waals surface area contributed by atoms with Crippen molar-refractivity contribution >= 4 is 17.5 Å². The zero-order valence-electron chi connectivity index (χ0n) is 12.9. The van der Waals surface area contributed by atoms with Crippen LogP contribution in [0.3, 0.4) is 0 Å². The van der Waals surface area contributed by atoms with Gasteiger partial charge < -0.3 is 10.3 Å². The van der Waals surface area contributed by atoms with Gasteiger partial charge in [-0.05, 0) is 41.6 Å². The monoisotopic (exact) mass is 341 g/mol. The minimum absolute atomic E-state index is 0.0663. The molecule has 0 aliphatic rings. The average Bonchev–Trinajstić information content (AvgIpc) is 3.07. The Balaban J connectivity index is 1.81. The van der Waals surface area contributed by atoms with Crippen LogP contribution in [0.4, 0.5) is 0 Å². The average molecular weight is 341 g/mol. The van der Waals surface area contributed by atoms with Crippen LogP contribution in [0, 0.1) is 6.92 Å². The number of aromatic hydroxyl groups is 1. The zero-order chi connectivity index (χ0) is 16.9. The Morgan fingerprint density at radius 1 is 1.21 bits per heavy atom. The van der Waals surface area contributed by atoms with Crippen molar-refractivity contribution in [3.63, 3.8) is 0 Å². The van der Waals surface area contributed by atoms with Crippen LogP contribution in [-0.4, -0.2) is 42.0 Å². The van der Waals surface area contributed by atoms with Crippen LogP contribution in [0.25, 0.3) is 5.69 Å². The van der Waals surface area contributed by atoms with Crippen molar-refractivity contribution < 1.29 is 10.3 Å². The first kappa shape index (κ1) is 16.0. The first-order chi connectivity index (χ1) is 11.7. The van der Waals surface area contributed by atoms with Crippen LogP contribution in [0.5, 0.6) is 5.75 Å². The molecule has 0 fully saturated rings. The molecule has 0 saturated carbocycles.